The summed E-state index contributed by atoms with van der Waals surface area (Å²) in [5.41, 5.74) is 1.78. The molecule has 3 aliphatic rings. The van der Waals surface area contributed by atoms with Crippen LogP contribution in [0.3, 0.4) is 0 Å². The lowest BCUT2D eigenvalue weighted by molar-refractivity contribution is -0.123. The number of halogens is 2. The van der Waals surface area contributed by atoms with E-state index in [-0.39, 0.29) is 41.0 Å². The van der Waals surface area contributed by atoms with Crippen molar-refractivity contribution in [2.75, 3.05) is 16.8 Å². The van der Waals surface area contributed by atoms with Gasteiger partial charge in [-0.15, -0.1) is 0 Å². The van der Waals surface area contributed by atoms with Crippen LogP contribution < -0.4 is 10.2 Å². The first-order valence-electron chi connectivity index (χ1n) is 10.8. The Balaban J connectivity index is 1.25. The standard InChI is InChI=1S/C25H20BrClN2O5/c1-12-7-17(26)18(27)10-19(12)28-20(30)11-34-25(33)15-3-2-4-16(9-15)29-23(31)21-13-5-6-14(8-13)22(21)24(29)32/h2-7,9-10,13-14,21-22H,8,11H2,1H3,(H,28,30)/t13-,14-,21+,22+/m0/s1. The number of allylic oxidation sites excluding steroid dienone is 2. The summed E-state index contributed by atoms with van der Waals surface area (Å²) in [6, 6.07) is 9.54. The minimum Gasteiger partial charge on any atom is -0.452 e. The molecule has 1 N–H and O–H groups in total. The Hall–Kier alpha value is -2.97. The molecule has 4 atom stereocenters. The van der Waals surface area contributed by atoms with Crippen LogP contribution in [0.1, 0.15) is 22.3 Å². The van der Waals surface area contributed by atoms with Gasteiger partial charge in [-0.25, -0.2) is 9.69 Å². The molecule has 7 nitrogen and oxygen atoms in total. The lowest BCUT2D eigenvalue weighted by Crippen LogP contribution is -2.33. The normalized spacial score (nSPS) is 24.5. The maximum Gasteiger partial charge on any atom is 0.338 e. The lowest BCUT2D eigenvalue weighted by atomic mass is 9.85. The Morgan fingerprint density at radius 3 is 2.47 bits per heavy atom. The highest BCUT2D eigenvalue weighted by atomic mass is 79.9. The molecule has 1 saturated carbocycles. The van der Waals surface area contributed by atoms with Gasteiger partial charge in [0.25, 0.3) is 5.91 Å². The molecule has 9 heteroatoms. The number of nitrogens with zero attached hydrogens (tertiary/aromatic N) is 1. The topological polar surface area (TPSA) is 92.8 Å². The van der Waals surface area contributed by atoms with Gasteiger partial charge in [0.15, 0.2) is 6.61 Å². The van der Waals surface area contributed by atoms with Crippen molar-refractivity contribution in [3.63, 3.8) is 0 Å². The highest BCUT2D eigenvalue weighted by molar-refractivity contribution is 9.10. The maximum absolute atomic E-state index is 13.0. The van der Waals surface area contributed by atoms with Crippen molar-refractivity contribution in [2.45, 2.75) is 13.3 Å². The van der Waals surface area contributed by atoms with Crippen LogP contribution in [0, 0.1) is 30.6 Å². The van der Waals surface area contributed by atoms with Crippen LogP contribution in [0.5, 0.6) is 0 Å². The molecule has 1 heterocycles. The zero-order chi connectivity index (χ0) is 24.1. The summed E-state index contributed by atoms with van der Waals surface area (Å²) >= 11 is 9.40. The molecule has 3 amide bonds. The number of benzene rings is 2. The summed E-state index contributed by atoms with van der Waals surface area (Å²) < 4.78 is 5.86. The molecule has 2 aliphatic carbocycles. The van der Waals surface area contributed by atoms with Gasteiger partial charge in [-0.05, 0) is 77.0 Å². The summed E-state index contributed by atoms with van der Waals surface area (Å²) in [6.07, 6.45) is 4.91. The number of rotatable bonds is 5. The van der Waals surface area contributed by atoms with Crippen LogP contribution in [0.4, 0.5) is 11.4 Å². The summed E-state index contributed by atoms with van der Waals surface area (Å²) in [5, 5.41) is 3.10. The summed E-state index contributed by atoms with van der Waals surface area (Å²) in [7, 11) is 0. The van der Waals surface area contributed by atoms with Crippen LogP contribution in [0.25, 0.3) is 0 Å². The minimum absolute atomic E-state index is 0.104. The Morgan fingerprint density at radius 1 is 1.12 bits per heavy atom. The number of ether oxygens (including phenoxy) is 1. The van der Waals surface area contributed by atoms with E-state index >= 15 is 0 Å². The Morgan fingerprint density at radius 2 is 1.79 bits per heavy atom. The second kappa shape index (κ2) is 8.67. The van der Waals surface area contributed by atoms with E-state index in [9.17, 15) is 19.2 Å². The van der Waals surface area contributed by atoms with Gasteiger partial charge in [-0.3, -0.25) is 14.4 Å². The third-order valence-electron chi connectivity index (χ3n) is 6.69. The average molecular weight is 544 g/mol. The third-order valence-corrected chi connectivity index (χ3v) is 7.88. The first-order valence-corrected chi connectivity index (χ1v) is 12.0. The smallest absolute Gasteiger partial charge is 0.338 e. The molecule has 0 aromatic heterocycles. The fourth-order valence-corrected chi connectivity index (χ4v) is 5.73. The first-order chi connectivity index (χ1) is 16.2. The van der Waals surface area contributed by atoms with Crippen molar-refractivity contribution in [3.8, 4) is 0 Å². The van der Waals surface area contributed by atoms with Gasteiger partial charge >= 0.3 is 5.97 Å². The van der Waals surface area contributed by atoms with Crippen molar-refractivity contribution in [1.82, 2.24) is 0 Å². The van der Waals surface area contributed by atoms with Crippen LogP contribution in [0.15, 0.2) is 53.0 Å². The van der Waals surface area contributed by atoms with E-state index < -0.39 is 18.5 Å². The molecule has 2 aromatic rings. The number of hydrogen-bond acceptors (Lipinski definition) is 5. The molecule has 0 radical (unpaired) electrons. The molecular formula is C25H20BrClN2O5. The SMILES string of the molecule is Cc1cc(Br)c(Cl)cc1NC(=O)COC(=O)c1cccc(N2C(=O)[C@H]3[C@H](C2=O)[C@H]2C=C[C@H]3C2)c1. The summed E-state index contributed by atoms with van der Waals surface area (Å²) in [5.74, 6) is -2.13. The predicted octanol–water partition coefficient (Wildman–Crippen LogP) is 4.52. The van der Waals surface area contributed by atoms with Gasteiger partial charge in [0.05, 0.1) is 28.1 Å². The number of aryl methyl sites for hydroxylation is 1. The average Bonchev–Trinajstić information content (AvgIpc) is 3.49. The van der Waals surface area contributed by atoms with Crippen LogP contribution in [-0.4, -0.2) is 30.3 Å². The van der Waals surface area contributed by atoms with E-state index in [4.69, 9.17) is 16.3 Å². The molecule has 5 rings (SSSR count). The van der Waals surface area contributed by atoms with Crippen LogP contribution in [-0.2, 0) is 19.1 Å². The second-order valence-corrected chi connectivity index (χ2v) is 10.0. The van der Waals surface area contributed by atoms with E-state index in [0.29, 0.717) is 20.9 Å². The lowest BCUT2D eigenvalue weighted by Gasteiger charge is -2.18. The fourth-order valence-electron chi connectivity index (χ4n) is 5.11. The van der Waals surface area contributed by atoms with Crippen molar-refractivity contribution in [2.24, 2.45) is 23.7 Å². The minimum atomic E-state index is -0.733. The monoisotopic (exact) mass is 542 g/mol. The van der Waals surface area contributed by atoms with Crippen molar-refractivity contribution < 1.29 is 23.9 Å². The van der Waals surface area contributed by atoms with Crippen LogP contribution >= 0.6 is 27.5 Å². The number of hydrogen-bond donors (Lipinski definition) is 1. The molecule has 2 fully saturated rings. The number of nitrogens with one attached hydrogen (secondary N) is 1. The highest BCUT2D eigenvalue weighted by Crippen LogP contribution is 2.53. The van der Waals surface area contributed by atoms with E-state index in [1.807, 2.05) is 19.1 Å². The Kier molecular flexibility index (Phi) is 5.81. The van der Waals surface area contributed by atoms with Gasteiger partial charge in [0, 0.05) is 10.2 Å². The highest BCUT2D eigenvalue weighted by Gasteiger charge is 2.59. The van der Waals surface area contributed by atoms with Gasteiger partial charge in [0.1, 0.15) is 0 Å². The molecule has 1 aliphatic heterocycles. The van der Waals surface area contributed by atoms with Gasteiger partial charge in [-0.2, -0.15) is 0 Å². The molecule has 1 saturated heterocycles. The van der Waals surface area contributed by atoms with Crippen molar-refractivity contribution in [1.29, 1.82) is 0 Å². The Bertz CT molecular complexity index is 1250. The van der Waals surface area contributed by atoms with Crippen molar-refractivity contribution in [3.05, 3.63) is 69.2 Å². The van der Waals surface area contributed by atoms with Gasteiger partial charge < -0.3 is 10.1 Å². The zero-order valence-corrected chi connectivity index (χ0v) is 20.4. The zero-order valence-electron chi connectivity index (χ0n) is 18.1. The Labute approximate surface area is 209 Å². The van der Waals surface area contributed by atoms with Crippen LogP contribution in [0.2, 0.25) is 5.02 Å². The van der Waals surface area contributed by atoms with Gasteiger partial charge in [-0.1, -0.05) is 29.8 Å². The molecular weight excluding hydrogens is 524 g/mol. The molecule has 34 heavy (non-hydrogen) atoms. The summed E-state index contributed by atoms with van der Waals surface area (Å²) in [4.78, 5) is 52.1. The molecule has 174 valence electrons. The van der Waals surface area contributed by atoms with E-state index in [0.717, 1.165) is 12.0 Å². The predicted molar refractivity (Wildman–Crippen MR) is 129 cm³/mol. The quantitative estimate of drug-likeness (QED) is 0.340. The molecule has 0 spiro atoms. The first kappa shape index (κ1) is 22.8. The summed E-state index contributed by atoms with van der Waals surface area (Å²) in [6.45, 7) is 1.31. The molecule has 0 unspecified atom stereocenters. The van der Waals surface area contributed by atoms with Crippen molar-refractivity contribution >= 4 is 62.6 Å². The van der Waals surface area contributed by atoms with E-state index in [2.05, 4.69) is 21.2 Å². The number of amides is 3. The fraction of sp³-hybridized carbons (Fsp3) is 0.280. The van der Waals surface area contributed by atoms with E-state index in [1.54, 1.807) is 24.3 Å². The van der Waals surface area contributed by atoms with E-state index in [1.165, 1.54) is 17.0 Å². The molecule has 2 aromatic carbocycles. The third kappa shape index (κ3) is 3.84. The number of esters is 1. The second-order valence-electron chi connectivity index (χ2n) is 8.77. The largest absolute Gasteiger partial charge is 0.452 e. The number of imide groups is 1. The number of anilines is 2. The number of fused-ring (bicyclic) bond motifs is 5. The number of carbonyl (C=O) groups is 4. The van der Waals surface area contributed by atoms with Gasteiger partial charge in [0.2, 0.25) is 11.8 Å². The number of carbonyl (C=O) groups excluding carboxylic acids is 4. The maximum atomic E-state index is 13.0. The molecule has 2 bridgehead atoms.